The monoisotopic (exact) mass is 593 g/mol. The number of amides is 2. The maximum Gasteiger partial charge on any atom is 0.242 e. The Morgan fingerprint density at radius 3 is 2.21 bits per heavy atom. The van der Waals surface area contributed by atoms with Crippen molar-refractivity contribution in [2.75, 3.05) is 24.2 Å². The first-order chi connectivity index (χ1) is 18.5. The Labute approximate surface area is 238 Å². The van der Waals surface area contributed by atoms with Crippen LogP contribution in [0.25, 0.3) is 0 Å². The van der Waals surface area contributed by atoms with Crippen LogP contribution in [0.1, 0.15) is 24.0 Å². The number of likely N-dealkylation sites (N-methyl/N-ethyl adjacent to an activating group) is 1. The van der Waals surface area contributed by atoms with Gasteiger partial charge in [-0.3, -0.25) is 13.9 Å². The van der Waals surface area contributed by atoms with Crippen molar-refractivity contribution in [2.24, 2.45) is 0 Å². The van der Waals surface area contributed by atoms with Gasteiger partial charge in [0.25, 0.3) is 0 Å². The number of halogens is 3. The fraction of sp³-hybridized carbons (Fsp3) is 0.286. The molecule has 0 unspecified atom stereocenters. The molecule has 208 valence electrons. The summed E-state index contributed by atoms with van der Waals surface area (Å²) < 4.78 is 39.4. The average molecular weight is 595 g/mol. The lowest BCUT2D eigenvalue weighted by Crippen LogP contribution is -2.49. The highest BCUT2D eigenvalue weighted by atomic mass is 35.5. The van der Waals surface area contributed by atoms with E-state index in [9.17, 15) is 22.4 Å². The fourth-order valence-corrected chi connectivity index (χ4v) is 5.45. The normalized spacial score (nSPS) is 12.0. The number of carbonyl (C=O) groups excluding carboxylic acids is 2. The van der Waals surface area contributed by atoms with Crippen LogP contribution < -0.4 is 9.62 Å². The molecule has 0 bridgehead atoms. The van der Waals surface area contributed by atoms with E-state index >= 15 is 0 Å². The standard InChI is InChI=1S/C28H30Cl2FN3O4S/c1-32-28(36)26(18-20-7-4-3-5-8-20)33(19-21-10-15-24(29)25(30)17-21)27(35)9-6-16-34(39(2,37)38)23-13-11-22(31)12-14-23/h3-5,7-8,10-15,17,26H,6,9,16,18-19H2,1-2H3,(H,32,36)/t26-/m0/s1. The van der Waals surface area contributed by atoms with Gasteiger partial charge in [-0.15, -0.1) is 0 Å². The quantitative estimate of drug-likeness (QED) is 0.318. The maximum absolute atomic E-state index is 13.6. The van der Waals surface area contributed by atoms with Gasteiger partial charge in [0.1, 0.15) is 11.9 Å². The molecule has 2 amide bonds. The number of nitrogens with one attached hydrogen (secondary N) is 1. The molecule has 0 saturated carbocycles. The first-order valence-corrected chi connectivity index (χ1v) is 14.8. The largest absolute Gasteiger partial charge is 0.357 e. The number of sulfonamides is 1. The van der Waals surface area contributed by atoms with Gasteiger partial charge in [-0.05, 0) is 53.9 Å². The summed E-state index contributed by atoms with van der Waals surface area (Å²) in [4.78, 5) is 28.1. The zero-order valence-corrected chi connectivity index (χ0v) is 23.9. The van der Waals surface area contributed by atoms with Crippen LogP contribution in [0.2, 0.25) is 10.0 Å². The second-order valence-corrected chi connectivity index (χ2v) is 11.7. The topological polar surface area (TPSA) is 86.8 Å². The van der Waals surface area contributed by atoms with Gasteiger partial charge in [-0.1, -0.05) is 59.6 Å². The highest BCUT2D eigenvalue weighted by molar-refractivity contribution is 7.92. The van der Waals surface area contributed by atoms with Crippen LogP contribution in [0.4, 0.5) is 10.1 Å². The lowest BCUT2D eigenvalue weighted by atomic mass is 10.0. The van der Waals surface area contributed by atoms with E-state index in [-0.39, 0.29) is 44.2 Å². The summed E-state index contributed by atoms with van der Waals surface area (Å²) in [6.07, 6.45) is 1.47. The summed E-state index contributed by atoms with van der Waals surface area (Å²) in [5.74, 6) is -1.16. The molecule has 11 heteroatoms. The van der Waals surface area contributed by atoms with Crippen molar-refractivity contribution < 1.29 is 22.4 Å². The molecule has 0 radical (unpaired) electrons. The van der Waals surface area contributed by atoms with E-state index in [1.54, 1.807) is 18.2 Å². The summed E-state index contributed by atoms with van der Waals surface area (Å²) in [7, 11) is -2.18. The first-order valence-electron chi connectivity index (χ1n) is 12.2. The Balaban J connectivity index is 1.86. The molecular formula is C28H30Cl2FN3O4S. The predicted molar refractivity (Wildman–Crippen MR) is 153 cm³/mol. The zero-order valence-electron chi connectivity index (χ0n) is 21.6. The maximum atomic E-state index is 13.6. The number of benzene rings is 3. The Hall–Kier alpha value is -3.14. The van der Waals surface area contributed by atoms with Crippen molar-refractivity contribution in [1.29, 1.82) is 0 Å². The Bertz CT molecular complexity index is 1390. The van der Waals surface area contributed by atoms with Gasteiger partial charge in [0.05, 0.1) is 22.0 Å². The first kappa shape index (κ1) is 30.4. The van der Waals surface area contributed by atoms with Gasteiger partial charge in [0.15, 0.2) is 0 Å². The van der Waals surface area contributed by atoms with E-state index in [0.717, 1.165) is 16.1 Å². The van der Waals surface area contributed by atoms with Crippen molar-refractivity contribution in [3.05, 3.63) is 99.8 Å². The summed E-state index contributed by atoms with van der Waals surface area (Å²) >= 11 is 12.3. The van der Waals surface area contributed by atoms with E-state index in [1.807, 2.05) is 30.3 Å². The lowest BCUT2D eigenvalue weighted by molar-refractivity contribution is -0.141. The molecule has 0 aliphatic carbocycles. The predicted octanol–water partition coefficient (Wildman–Crippen LogP) is 5.06. The van der Waals surface area contributed by atoms with Gasteiger partial charge in [-0.25, -0.2) is 12.8 Å². The third-order valence-electron chi connectivity index (χ3n) is 6.12. The zero-order chi connectivity index (χ0) is 28.6. The Morgan fingerprint density at radius 2 is 1.62 bits per heavy atom. The molecule has 0 saturated heterocycles. The number of hydrogen-bond donors (Lipinski definition) is 1. The molecule has 0 aliphatic rings. The fourth-order valence-electron chi connectivity index (χ4n) is 4.17. The third kappa shape index (κ3) is 8.68. The van der Waals surface area contributed by atoms with Crippen LogP contribution in [0, 0.1) is 5.82 Å². The molecule has 0 spiro atoms. The molecule has 3 aromatic carbocycles. The second kappa shape index (κ2) is 13.8. The van der Waals surface area contributed by atoms with Crippen LogP contribution in [-0.4, -0.2) is 51.0 Å². The van der Waals surface area contributed by atoms with Crippen molar-refractivity contribution in [3.8, 4) is 0 Å². The van der Waals surface area contributed by atoms with E-state index in [0.29, 0.717) is 21.3 Å². The van der Waals surface area contributed by atoms with E-state index < -0.39 is 21.9 Å². The summed E-state index contributed by atoms with van der Waals surface area (Å²) in [5, 5.41) is 3.34. The van der Waals surface area contributed by atoms with Crippen LogP contribution in [0.3, 0.4) is 0 Å². The highest BCUT2D eigenvalue weighted by Crippen LogP contribution is 2.25. The number of nitrogens with zero attached hydrogens (tertiary/aromatic N) is 2. The van der Waals surface area contributed by atoms with E-state index in [4.69, 9.17) is 23.2 Å². The summed E-state index contributed by atoms with van der Waals surface area (Å²) in [6, 6.07) is 18.6. The van der Waals surface area contributed by atoms with Gasteiger partial charge in [-0.2, -0.15) is 0 Å². The molecule has 39 heavy (non-hydrogen) atoms. The van der Waals surface area contributed by atoms with E-state index in [1.165, 1.54) is 36.2 Å². The van der Waals surface area contributed by atoms with Crippen molar-refractivity contribution >= 4 is 50.7 Å². The molecular weight excluding hydrogens is 564 g/mol. The molecule has 0 aliphatic heterocycles. The third-order valence-corrected chi connectivity index (χ3v) is 8.05. The number of hydrogen-bond acceptors (Lipinski definition) is 4. The van der Waals surface area contributed by atoms with Crippen molar-refractivity contribution in [3.63, 3.8) is 0 Å². The second-order valence-electron chi connectivity index (χ2n) is 9.00. The minimum absolute atomic E-state index is 0.000144. The molecule has 0 heterocycles. The van der Waals surface area contributed by atoms with Crippen LogP contribution in [0.15, 0.2) is 72.8 Å². The van der Waals surface area contributed by atoms with Gasteiger partial charge in [0, 0.05) is 33.0 Å². The molecule has 0 fully saturated rings. The highest BCUT2D eigenvalue weighted by Gasteiger charge is 2.30. The Kier molecular flexibility index (Phi) is 10.7. The minimum Gasteiger partial charge on any atom is -0.357 e. The summed E-state index contributed by atoms with van der Waals surface area (Å²) in [6.45, 7) is 0.0918. The van der Waals surface area contributed by atoms with Crippen LogP contribution in [0.5, 0.6) is 0 Å². The SMILES string of the molecule is CNC(=O)[C@H](Cc1ccccc1)N(Cc1ccc(Cl)c(Cl)c1)C(=O)CCCN(c1ccc(F)cc1)S(C)(=O)=O. The molecule has 0 aromatic heterocycles. The van der Waals surface area contributed by atoms with Gasteiger partial charge in [0.2, 0.25) is 21.8 Å². The molecule has 3 aromatic rings. The number of rotatable bonds is 12. The summed E-state index contributed by atoms with van der Waals surface area (Å²) in [5.41, 5.74) is 1.85. The molecule has 7 nitrogen and oxygen atoms in total. The van der Waals surface area contributed by atoms with Crippen molar-refractivity contribution in [2.45, 2.75) is 31.8 Å². The molecule has 1 N–H and O–H groups in total. The number of carbonyl (C=O) groups is 2. The minimum atomic E-state index is -3.69. The molecule has 3 rings (SSSR count). The Morgan fingerprint density at radius 1 is 0.949 bits per heavy atom. The van der Waals surface area contributed by atoms with Crippen LogP contribution >= 0.6 is 23.2 Å². The van der Waals surface area contributed by atoms with Crippen molar-refractivity contribution in [1.82, 2.24) is 10.2 Å². The average Bonchev–Trinajstić information content (AvgIpc) is 2.90. The van der Waals surface area contributed by atoms with Gasteiger partial charge >= 0.3 is 0 Å². The van der Waals surface area contributed by atoms with Crippen LogP contribution in [-0.2, 0) is 32.6 Å². The smallest absolute Gasteiger partial charge is 0.242 e. The number of anilines is 1. The van der Waals surface area contributed by atoms with Gasteiger partial charge < -0.3 is 10.2 Å². The molecule has 1 atom stereocenters. The van der Waals surface area contributed by atoms with E-state index in [2.05, 4.69) is 5.32 Å². The lowest BCUT2D eigenvalue weighted by Gasteiger charge is -2.31.